The molecule has 1 aliphatic carbocycles. The molecule has 0 saturated heterocycles. The zero-order chi connectivity index (χ0) is 15.2. The molecule has 7 nitrogen and oxygen atoms in total. The number of aliphatic hydroxyl groups excluding tert-OH is 1. The van der Waals surface area contributed by atoms with E-state index in [4.69, 9.17) is 0 Å². The van der Waals surface area contributed by atoms with Gasteiger partial charge in [0.1, 0.15) is 0 Å². The minimum absolute atomic E-state index is 0.0127. The molecule has 1 saturated carbocycles. The van der Waals surface area contributed by atoms with E-state index in [1.807, 2.05) is 0 Å². The number of anilines is 1. The van der Waals surface area contributed by atoms with E-state index in [2.05, 4.69) is 20.6 Å². The zero-order valence-corrected chi connectivity index (χ0v) is 12.2. The number of amides is 1. The Hall–Kier alpha value is -1.89. The molecule has 0 aromatic carbocycles. The van der Waals surface area contributed by atoms with Gasteiger partial charge in [0.25, 0.3) is 5.56 Å². The largest absolute Gasteiger partial charge is 0.393 e. The molecule has 1 aliphatic rings. The standard InChI is InChI=1S/C14H22N4O3/c1-9-7-12(20)18-14(17-9)16-6-5-15-13(21)10-3-2-4-11(19)8-10/h7,10-11,19H,2-6,8H2,1H3,(H,15,21)(H2,16,17,18,20)/t10-,11-/m0/s1. The van der Waals surface area contributed by atoms with Crippen molar-refractivity contribution < 1.29 is 9.90 Å². The molecule has 1 amide bonds. The molecule has 21 heavy (non-hydrogen) atoms. The first-order valence-corrected chi connectivity index (χ1v) is 7.32. The summed E-state index contributed by atoms with van der Waals surface area (Å²) in [6.07, 6.45) is 2.72. The minimum Gasteiger partial charge on any atom is -0.393 e. The lowest BCUT2D eigenvalue weighted by Gasteiger charge is -2.24. The molecule has 2 atom stereocenters. The lowest BCUT2D eigenvalue weighted by Crippen LogP contribution is -2.37. The van der Waals surface area contributed by atoms with Gasteiger partial charge in [0, 0.05) is 30.8 Å². The first-order chi connectivity index (χ1) is 10.0. The topological polar surface area (TPSA) is 107 Å². The van der Waals surface area contributed by atoms with Crippen LogP contribution >= 0.6 is 0 Å². The molecule has 2 rings (SSSR count). The SMILES string of the molecule is Cc1cc(=O)[nH]c(NCCNC(=O)[C@H]2CCC[C@H](O)C2)n1. The maximum atomic E-state index is 11.9. The highest BCUT2D eigenvalue weighted by atomic mass is 16.3. The van der Waals surface area contributed by atoms with E-state index < -0.39 is 0 Å². The van der Waals surface area contributed by atoms with Gasteiger partial charge in [-0.2, -0.15) is 0 Å². The summed E-state index contributed by atoms with van der Waals surface area (Å²) in [6, 6.07) is 1.42. The Morgan fingerprint density at radius 1 is 1.48 bits per heavy atom. The third kappa shape index (κ3) is 4.86. The van der Waals surface area contributed by atoms with Gasteiger partial charge in [0.15, 0.2) is 0 Å². The maximum absolute atomic E-state index is 11.9. The molecule has 4 N–H and O–H groups in total. The number of H-pyrrole nitrogens is 1. The van der Waals surface area contributed by atoms with Crippen LogP contribution in [0.15, 0.2) is 10.9 Å². The van der Waals surface area contributed by atoms with Gasteiger partial charge in [-0.1, -0.05) is 6.42 Å². The quantitative estimate of drug-likeness (QED) is 0.579. The van der Waals surface area contributed by atoms with Crippen LogP contribution in [0.2, 0.25) is 0 Å². The van der Waals surface area contributed by atoms with E-state index in [9.17, 15) is 14.7 Å². The van der Waals surface area contributed by atoms with Crippen LogP contribution in [0.4, 0.5) is 5.95 Å². The number of aromatic amines is 1. The average molecular weight is 294 g/mol. The monoisotopic (exact) mass is 294 g/mol. The van der Waals surface area contributed by atoms with Crippen LogP contribution in [0, 0.1) is 12.8 Å². The Morgan fingerprint density at radius 2 is 2.29 bits per heavy atom. The molecule has 7 heteroatoms. The number of nitrogens with zero attached hydrogens (tertiary/aromatic N) is 1. The van der Waals surface area contributed by atoms with Crippen LogP contribution in [0.3, 0.4) is 0 Å². The van der Waals surface area contributed by atoms with Gasteiger partial charge in [-0.15, -0.1) is 0 Å². The van der Waals surface area contributed by atoms with Gasteiger partial charge >= 0.3 is 0 Å². The van der Waals surface area contributed by atoms with Crippen molar-refractivity contribution in [3.8, 4) is 0 Å². The highest BCUT2D eigenvalue weighted by Crippen LogP contribution is 2.24. The molecule has 0 spiro atoms. The summed E-state index contributed by atoms with van der Waals surface area (Å²) in [7, 11) is 0. The van der Waals surface area contributed by atoms with E-state index in [1.165, 1.54) is 6.07 Å². The lowest BCUT2D eigenvalue weighted by molar-refractivity contribution is -0.127. The van der Waals surface area contributed by atoms with E-state index in [0.29, 0.717) is 31.2 Å². The van der Waals surface area contributed by atoms with Gasteiger partial charge in [0.05, 0.1) is 6.10 Å². The lowest BCUT2D eigenvalue weighted by atomic mass is 9.87. The number of aryl methyl sites for hydroxylation is 1. The van der Waals surface area contributed by atoms with E-state index in [0.717, 1.165) is 19.3 Å². The molecular weight excluding hydrogens is 272 g/mol. The fourth-order valence-corrected chi connectivity index (χ4v) is 2.58. The Kier molecular flexibility index (Phi) is 5.32. The van der Waals surface area contributed by atoms with Gasteiger partial charge in [-0.25, -0.2) is 4.98 Å². The van der Waals surface area contributed by atoms with Crippen molar-refractivity contribution in [2.24, 2.45) is 5.92 Å². The van der Waals surface area contributed by atoms with Crippen LogP contribution in [0.25, 0.3) is 0 Å². The molecule has 1 aromatic heterocycles. The van der Waals surface area contributed by atoms with Crippen LogP contribution in [0.5, 0.6) is 0 Å². The summed E-state index contributed by atoms with van der Waals surface area (Å²) in [4.78, 5) is 29.9. The highest BCUT2D eigenvalue weighted by molar-refractivity contribution is 5.78. The molecule has 1 fully saturated rings. The molecule has 1 heterocycles. The zero-order valence-electron chi connectivity index (χ0n) is 12.2. The summed E-state index contributed by atoms with van der Waals surface area (Å²) >= 11 is 0. The van der Waals surface area contributed by atoms with Gasteiger partial charge in [-0.05, 0) is 26.2 Å². The van der Waals surface area contributed by atoms with Crippen molar-refractivity contribution in [2.45, 2.75) is 38.7 Å². The molecule has 0 bridgehead atoms. The third-order valence-electron chi connectivity index (χ3n) is 3.60. The Balaban J connectivity index is 1.71. The van der Waals surface area contributed by atoms with Gasteiger partial charge in [0.2, 0.25) is 11.9 Å². The molecule has 0 aliphatic heterocycles. The Morgan fingerprint density at radius 3 is 3.00 bits per heavy atom. The fraction of sp³-hybridized carbons (Fsp3) is 0.643. The predicted molar refractivity (Wildman–Crippen MR) is 79.1 cm³/mol. The number of aliphatic hydroxyl groups is 1. The van der Waals surface area contributed by atoms with Crippen molar-refractivity contribution in [1.82, 2.24) is 15.3 Å². The molecule has 0 radical (unpaired) electrons. The normalized spacial score (nSPS) is 21.8. The number of carbonyl (C=O) groups is 1. The Bertz CT molecular complexity index is 543. The minimum atomic E-state index is -0.353. The second-order valence-electron chi connectivity index (χ2n) is 5.47. The number of aromatic nitrogens is 2. The van der Waals surface area contributed by atoms with E-state index in [-0.39, 0.29) is 23.5 Å². The van der Waals surface area contributed by atoms with Crippen LogP contribution in [-0.4, -0.2) is 40.2 Å². The van der Waals surface area contributed by atoms with E-state index >= 15 is 0 Å². The molecular formula is C14H22N4O3. The number of carbonyl (C=O) groups excluding carboxylic acids is 1. The maximum Gasteiger partial charge on any atom is 0.252 e. The summed E-state index contributed by atoms with van der Waals surface area (Å²) in [5.41, 5.74) is 0.437. The van der Waals surface area contributed by atoms with Gasteiger partial charge in [-0.3, -0.25) is 14.6 Å². The highest BCUT2D eigenvalue weighted by Gasteiger charge is 2.25. The van der Waals surface area contributed by atoms with Crippen LogP contribution in [0.1, 0.15) is 31.4 Å². The first kappa shape index (κ1) is 15.5. The Labute approximate surface area is 123 Å². The number of nitrogens with one attached hydrogen (secondary N) is 3. The molecule has 116 valence electrons. The summed E-state index contributed by atoms with van der Waals surface area (Å²) in [6.45, 7) is 2.67. The van der Waals surface area contributed by atoms with E-state index in [1.54, 1.807) is 6.92 Å². The summed E-state index contributed by atoms with van der Waals surface area (Å²) in [5.74, 6) is 0.300. The van der Waals surface area contributed by atoms with Gasteiger partial charge < -0.3 is 15.7 Å². The van der Waals surface area contributed by atoms with Crippen molar-refractivity contribution in [1.29, 1.82) is 0 Å². The molecule has 1 aromatic rings. The molecule has 0 unspecified atom stereocenters. The first-order valence-electron chi connectivity index (χ1n) is 7.32. The third-order valence-corrected chi connectivity index (χ3v) is 3.60. The van der Waals surface area contributed by atoms with Crippen LogP contribution < -0.4 is 16.2 Å². The fourth-order valence-electron chi connectivity index (χ4n) is 2.58. The average Bonchev–Trinajstić information content (AvgIpc) is 2.42. The van der Waals surface area contributed by atoms with Crippen molar-refractivity contribution in [3.63, 3.8) is 0 Å². The van der Waals surface area contributed by atoms with Crippen LogP contribution in [-0.2, 0) is 4.79 Å². The summed E-state index contributed by atoms with van der Waals surface area (Å²) < 4.78 is 0. The predicted octanol–water partition coefficient (Wildman–Crippen LogP) is 0.158. The van der Waals surface area contributed by atoms with Crippen molar-refractivity contribution in [2.75, 3.05) is 18.4 Å². The number of hydrogen-bond donors (Lipinski definition) is 4. The second kappa shape index (κ2) is 7.21. The smallest absolute Gasteiger partial charge is 0.252 e. The number of rotatable bonds is 5. The summed E-state index contributed by atoms with van der Waals surface area (Å²) in [5, 5.41) is 15.4. The van der Waals surface area contributed by atoms with Crippen molar-refractivity contribution in [3.05, 3.63) is 22.1 Å². The number of hydrogen-bond acceptors (Lipinski definition) is 5. The second-order valence-corrected chi connectivity index (χ2v) is 5.47. The van der Waals surface area contributed by atoms with Crippen molar-refractivity contribution >= 4 is 11.9 Å².